The van der Waals surface area contributed by atoms with Crippen LogP contribution in [0.2, 0.25) is 0 Å². The van der Waals surface area contributed by atoms with Gasteiger partial charge in [-0.25, -0.2) is 0 Å². The first kappa shape index (κ1) is 10.7. The molecule has 1 nitrogen and oxygen atoms in total. The molecule has 0 spiro atoms. The average Bonchev–Trinajstić information content (AvgIpc) is 2.41. The standard InChI is InChI=1S/C14H20O/c1-9(2)11-5-10(3)14(4)8-13(15)7-12(14)6-11/h7,10-11H,1,5-6,8H2,2-4H3/t10-,11-,14+/m1/s1. The summed E-state index contributed by atoms with van der Waals surface area (Å²) in [5.41, 5.74) is 2.80. The van der Waals surface area contributed by atoms with E-state index in [-0.39, 0.29) is 5.41 Å². The third-order valence-corrected chi connectivity index (χ3v) is 4.50. The van der Waals surface area contributed by atoms with Crippen molar-refractivity contribution in [2.75, 3.05) is 0 Å². The number of allylic oxidation sites excluding steroid dienone is 3. The van der Waals surface area contributed by atoms with Gasteiger partial charge in [0, 0.05) is 6.42 Å². The van der Waals surface area contributed by atoms with E-state index in [0.29, 0.717) is 17.6 Å². The van der Waals surface area contributed by atoms with Crippen molar-refractivity contribution in [1.82, 2.24) is 0 Å². The minimum Gasteiger partial charge on any atom is -0.295 e. The molecule has 1 heteroatoms. The summed E-state index contributed by atoms with van der Waals surface area (Å²) >= 11 is 0. The van der Waals surface area contributed by atoms with Crippen molar-refractivity contribution in [1.29, 1.82) is 0 Å². The van der Waals surface area contributed by atoms with E-state index in [1.165, 1.54) is 17.6 Å². The molecule has 0 aliphatic heterocycles. The van der Waals surface area contributed by atoms with Gasteiger partial charge in [0.25, 0.3) is 0 Å². The second-order valence-electron chi connectivity index (χ2n) is 5.61. The van der Waals surface area contributed by atoms with Gasteiger partial charge in [0.1, 0.15) is 0 Å². The van der Waals surface area contributed by atoms with Crippen molar-refractivity contribution < 1.29 is 4.79 Å². The Morgan fingerprint density at radius 1 is 1.60 bits per heavy atom. The van der Waals surface area contributed by atoms with Crippen LogP contribution in [0, 0.1) is 17.3 Å². The molecule has 3 atom stereocenters. The van der Waals surface area contributed by atoms with Crippen LogP contribution in [0.1, 0.15) is 40.0 Å². The minimum absolute atomic E-state index is 0.156. The first-order chi connectivity index (χ1) is 6.93. The number of carbonyl (C=O) groups excluding carboxylic acids is 1. The Labute approximate surface area is 92.3 Å². The van der Waals surface area contributed by atoms with Gasteiger partial charge in [-0.1, -0.05) is 31.6 Å². The van der Waals surface area contributed by atoms with E-state index in [9.17, 15) is 4.79 Å². The van der Waals surface area contributed by atoms with E-state index in [1.807, 2.05) is 6.08 Å². The number of fused-ring (bicyclic) bond motifs is 1. The monoisotopic (exact) mass is 204 g/mol. The summed E-state index contributed by atoms with van der Waals surface area (Å²) in [5.74, 6) is 1.51. The van der Waals surface area contributed by atoms with Crippen LogP contribution < -0.4 is 0 Å². The summed E-state index contributed by atoms with van der Waals surface area (Å²) in [5, 5.41) is 0. The molecule has 0 aromatic heterocycles. The van der Waals surface area contributed by atoms with Crippen LogP contribution in [0.5, 0.6) is 0 Å². The Hall–Kier alpha value is -0.850. The molecular formula is C14H20O. The van der Waals surface area contributed by atoms with Crippen molar-refractivity contribution in [3.63, 3.8) is 0 Å². The maximum absolute atomic E-state index is 11.5. The summed E-state index contributed by atoms with van der Waals surface area (Å²) in [7, 11) is 0. The molecule has 0 unspecified atom stereocenters. The summed E-state index contributed by atoms with van der Waals surface area (Å²) in [6.07, 6.45) is 4.87. The van der Waals surface area contributed by atoms with Crippen LogP contribution in [0.4, 0.5) is 0 Å². The molecule has 15 heavy (non-hydrogen) atoms. The third kappa shape index (κ3) is 1.58. The number of rotatable bonds is 1. The first-order valence-corrected chi connectivity index (χ1v) is 5.83. The number of ketones is 1. The molecule has 0 saturated heterocycles. The Bertz CT molecular complexity index is 350. The van der Waals surface area contributed by atoms with Gasteiger partial charge in [0.05, 0.1) is 0 Å². The molecule has 0 bridgehead atoms. The van der Waals surface area contributed by atoms with Gasteiger partial charge in [-0.05, 0) is 43.1 Å². The number of hydrogen-bond donors (Lipinski definition) is 0. The molecule has 82 valence electrons. The van der Waals surface area contributed by atoms with Gasteiger partial charge in [-0.15, -0.1) is 0 Å². The molecule has 0 amide bonds. The van der Waals surface area contributed by atoms with E-state index in [4.69, 9.17) is 0 Å². The molecular weight excluding hydrogens is 184 g/mol. The van der Waals surface area contributed by atoms with Gasteiger partial charge in [-0.3, -0.25) is 4.79 Å². The fourth-order valence-corrected chi connectivity index (χ4v) is 3.08. The lowest BCUT2D eigenvalue weighted by Gasteiger charge is -2.42. The Morgan fingerprint density at radius 2 is 2.27 bits per heavy atom. The fourth-order valence-electron chi connectivity index (χ4n) is 3.08. The van der Waals surface area contributed by atoms with E-state index >= 15 is 0 Å². The van der Waals surface area contributed by atoms with Crippen LogP contribution >= 0.6 is 0 Å². The molecule has 0 heterocycles. The van der Waals surface area contributed by atoms with E-state index < -0.39 is 0 Å². The smallest absolute Gasteiger partial charge is 0.156 e. The Kier molecular flexibility index (Phi) is 2.37. The van der Waals surface area contributed by atoms with E-state index in [2.05, 4.69) is 27.4 Å². The van der Waals surface area contributed by atoms with E-state index in [0.717, 1.165) is 12.8 Å². The molecule has 0 N–H and O–H groups in total. The summed E-state index contributed by atoms with van der Waals surface area (Å²) in [6.45, 7) is 10.7. The zero-order chi connectivity index (χ0) is 11.2. The highest BCUT2D eigenvalue weighted by molar-refractivity contribution is 5.94. The lowest BCUT2D eigenvalue weighted by molar-refractivity contribution is -0.115. The van der Waals surface area contributed by atoms with Crippen molar-refractivity contribution in [3.05, 3.63) is 23.8 Å². The number of carbonyl (C=O) groups is 1. The summed E-state index contributed by atoms with van der Waals surface area (Å²) < 4.78 is 0. The maximum atomic E-state index is 11.5. The normalized spacial score (nSPS) is 39.9. The lowest BCUT2D eigenvalue weighted by Crippen LogP contribution is -2.33. The topological polar surface area (TPSA) is 17.1 Å². The van der Waals surface area contributed by atoms with Gasteiger partial charge in [0.15, 0.2) is 5.78 Å². The molecule has 0 radical (unpaired) electrons. The minimum atomic E-state index is 0.156. The molecule has 2 aliphatic rings. The average molecular weight is 204 g/mol. The highest BCUT2D eigenvalue weighted by Gasteiger charge is 2.45. The lowest BCUT2D eigenvalue weighted by atomic mass is 9.62. The predicted molar refractivity (Wildman–Crippen MR) is 62.5 cm³/mol. The van der Waals surface area contributed by atoms with Crippen molar-refractivity contribution in [2.24, 2.45) is 17.3 Å². The van der Waals surface area contributed by atoms with E-state index in [1.54, 1.807) is 0 Å². The molecule has 1 fully saturated rings. The van der Waals surface area contributed by atoms with Crippen LogP contribution in [0.3, 0.4) is 0 Å². The summed E-state index contributed by atoms with van der Waals surface area (Å²) in [6, 6.07) is 0. The van der Waals surface area contributed by atoms with Crippen molar-refractivity contribution in [3.8, 4) is 0 Å². The Morgan fingerprint density at radius 3 is 2.87 bits per heavy atom. The first-order valence-electron chi connectivity index (χ1n) is 5.83. The zero-order valence-corrected chi connectivity index (χ0v) is 9.97. The molecule has 1 saturated carbocycles. The predicted octanol–water partition coefficient (Wildman–Crippen LogP) is 3.51. The highest BCUT2D eigenvalue weighted by atomic mass is 16.1. The zero-order valence-electron chi connectivity index (χ0n) is 9.97. The second kappa shape index (κ2) is 3.33. The molecule has 2 rings (SSSR count). The van der Waals surface area contributed by atoms with Crippen LogP contribution in [0.15, 0.2) is 23.8 Å². The van der Waals surface area contributed by atoms with Crippen LogP contribution in [-0.4, -0.2) is 5.78 Å². The van der Waals surface area contributed by atoms with Crippen LogP contribution in [-0.2, 0) is 4.79 Å². The van der Waals surface area contributed by atoms with Gasteiger partial charge >= 0.3 is 0 Å². The van der Waals surface area contributed by atoms with Crippen molar-refractivity contribution in [2.45, 2.75) is 40.0 Å². The van der Waals surface area contributed by atoms with Gasteiger partial charge in [-0.2, -0.15) is 0 Å². The second-order valence-corrected chi connectivity index (χ2v) is 5.61. The largest absolute Gasteiger partial charge is 0.295 e. The van der Waals surface area contributed by atoms with Gasteiger partial charge in [0.2, 0.25) is 0 Å². The summed E-state index contributed by atoms with van der Waals surface area (Å²) in [4.78, 5) is 11.5. The van der Waals surface area contributed by atoms with Gasteiger partial charge < -0.3 is 0 Å². The maximum Gasteiger partial charge on any atom is 0.156 e. The molecule has 0 aromatic carbocycles. The highest BCUT2D eigenvalue weighted by Crippen LogP contribution is 2.53. The fraction of sp³-hybridized carbons (Fsp3) is 0.643. The molecule has 2 aliphatic carbocycles. The number of hydrogen-bond acceptors (Lipinski definition) is 1. The quantitative estimate of drug-likeness (QED) is 0.597. The van der Waals surface area contributed by atoms with Crippen LogP contribution in [0.25, 0.3) is 0 Å². The molecule has 0 aromatic rings. The third-order valence-electron chi connectivity index (χ3n) is 4.50. The van der Waals surface area contributed by atoms with Crippen molar-refractivity contribution >= 4 is 5.78 Å². The SMILES string of the molecule is C=C(C)[C@H]1CC2=CC(=O)C[C@@]2(C)[C@H](C)C1. The Balaban J connectivity index is 2.29.